The van der Waals surface area contributed by atoms with Crippen LogP contribution in [0.3, 0.4) is 0 Å². The minimum atomic E-state index is -0.0696. The summed E-state index contributed by atoms with van der Waals surface area (Å²) < 4.78 is 1.89. The zero-order valence-corrected chi connectivity index (χ0v) is 14.9. The Bertz CT molecular complexity index is 922. The molecule has 0 aliphatic carbocycles. The number of benzene rings is 1. The van der Waals surface area contributed by atoms with Crippen LogP contribution in [-0.4, -0.2) is 61.8 Å². The average molecular weight is 354 g/mol. The topological polar surface area (TPSA) is 95.0 Å². The summed E-state index contributed by atoms with van der Waals surface area (Å²) in [6.45, 7) is 5.20. The van der Waals surface area contributed by atoms with Gasteiger partial charge in [0.2, 0.25) is 5.95 Å². The van der Waals surface area contributed by atoms with Crippen molar-refractivity contribution in [3.63, 3.8) is 0 Å². The second-order valence-electron chi connectivity index (χ2n) is 6.53. The molecule has 1 saturated heterocycles. The molecule has 1 aromatic carbocycles. The number of carbonyl (C=O) groups excluding carboxylic acids is 1. The van der Waals surface area contributed by atoms with Crippen LogP contribution in [0.4, 0.5) is 10.7 Å². The summed E-state index contributed by atoms with van der Waals surface area (Å²) in [4.78, 5) is 24.2. The Balaban J connectivity index is 1.32. The number of urea groups is 1. The Labute approximate surface area is 151 Å². The number of rotatable bonds is 3. The van der Waals surface area contributed by atoms with Gasteiger partial charge in [0, 0.05) is 33.2 Å². The molecule has 9 heteroatoms. The van der Waals surface area contributed by atoms with Gasteiger partial charge in [0.15, 0.2) is 0 Å². The second kappa shape index (κ2) is 6.66. The Kier molecular flexibility index (Phi) is 4.19. The minimum absolute atomic E-state index is 0.0696. The van der Waals surface area contributed by atoms with Crippen LogP contribution in [0.15, 0.2) is 24.5 Å². The molecule has 0 unspecified atom stereocenters. The fourth-order valence-corrected chi connectivity index (χ4v) is 3.25. The molecule has 136 valence electrons. The first kappa shape index (κ1) is 16.4. The normalized spacial score (nSPS) is 14.8. The van der Waals surface area contributed by atoms with E-state index in [1.165, 1.54) is 0 Å². The molecule has 3 heterocycles. The summed E-state index contributed by atoms with van der Waals surface area (Å²) in [5.74, 6) is 1.60. The number of imidazole rings is 1. The molecule has 1 aliphatic rings. The number of aromatic nitrogens is 5. The average Bonchev–Trinajstić information content (AvgIpc) is 3.26. The lowest BCUT2D eigenvalue weighted by Crippen LogP contribution is -2.52. The van der Waals surface area contributed by atoms with E-state index in [2.05, 4.69) is 30.4 Å². The van der Waals surface area contributed by atoms with Crippen molar-refractivity contribution < 1.29 is 4.79 Å². The van der Waals surface area contributed by atoms with E-state index in [4.69, 9.17) is 0 Å². The predicted octanol–water partition coefficient (Wildman–Crippen LogP) is 1.03. The van der Waals surface area contributed by atoms with E-state index in [1.54, 1.807) is 6.33 Å². The number of carbonyl (C=O) groups is 1. The molecule has 0 radical (unpaired) electrons. The largest absolute Gasteiger partial charge is 0.340 e. The first-order valence-electron chi connectivity index (χ1n) is 8.68. The third-order valence-electron chi connectivity index (χ3n) is 4.71. The fourth-order valence-electron chi connectivity index (χ4n) is 3.25. The molecule has 0 bridgehead atoms. The Morgan fingerprint density at radius 3 is 2.77 bits per heavy atom. The SMILES string of the molecule is Cc1cccc2[nH]c(CNC(=O)N3CCN(c4nncn4C)CC3)nc12. The van der Waals surface area contributed by atoms with Crippen molar-refractivity contribution >= 4 is 23.0 Å². The standard InChI is InChI=1S/C17H22N8O/c1-12-4-3-5-13-15(12)21-14(20-13)10-18-17(26)25-8-6-24(7-9-25)16-22-19-11-23(16)2/h3-5,11H,6-10H2,1-2H3,(H,18,26)(H,20,21). The number of H-pyrrole nitrogens is 1. The van der Waals surface area contributed by atoms with E-state index in [-0.39, 0.29) is 6.03 Å². The molecule has 1 fully saturated rings. The monoisotopic (exact) mass is 354 g/mol. The summed E-state index contributed by atoms with van der Waals surface area (Å²) >= 11 is 0. The third-order valence-corrected chi connectivity index (χ3v) is 4.71. The van der Waals surface area contributed by atoms with E-state index < -0.39 is 0 Å². The first-order valence-corrected chi connectivity index (χ1v) is 8.68. The number of hydrogen-bond donors (Lipinski definition) is 2. The van der Waals surface area contributed by atoms with Crippen molar-refractivity contribution in [1.82, 2.24) is 34.9 Å². The number of fused-ring (bicyclic) bond motifs is 1. The highest BCUT2D eigenvalue weighted by molar-refractivity contribution is 5.79. The number of nitrogens with zero attached hydrogens (tertiary/aromatic N) is 6. The lowest BCUT2D eigenvalue weighted by molar-refractivity contribution is 0.193. The molecular weight excluding hydrogens is 332 g/mol. The number of anilines is 1. The van der Waals surface area contributed by atoms with E-state index in [0.29, 0.717) is 19.6 Å². The van der Waals surface area contributed by atoms with E-state index >= 15 is 0 Å². The molecule has 26 heavy (non-hydrogen) atoms. The van der Waals surface area contributed by atoms with Crippen molar-refractivity contribution in [3.05, 3.63) is 35.9 Å². The maximum absolute atomic E-state index is 12.4. The van der Waals surface area contributed by atoms with Gasteiger partial charge in [0.1, 0.15) is 12.2 Å². The number of amides is 2. The molecule has 0 spiro atoms. The molecular formula is C17H22N8O. The van der Waals surface area contributed by atoms with Gasteiger partial charge in [-0.1, -0.05) is 12.1 Å². The van der Waals surface area contributed by atoms with Gasteiger partial charge >= 0.3 is 6.03 Å². The molecule has 3 aromatic rings. The van der Waals surface area contributed by atoms with Crippen molar-refractivity contribution in [2.24, 2.45) is 7.05 Å². The van der Waals surface area contributed by atoms with Crippen molar-refractivity contribution in [3.8, 4) is 0 Å². The number of piperazine rings is 1. The first-order chi connectivity index (χ1) is 12.6. The number of hydrogen-bond acceptors (Lipinski definition) is 5. The highest BCUT2D eigenvalue weighted by atomic mass is 16.2. The number of nitrogens with one attached hydrogen (secondary N) is 2. The van der Waals surface area contributed by atoms with Crippen LogP contribution in [0.1, 0.15) is 11.4 Å². The molecule has 2 N–H and O–H groups in total. The summed E-state index contributed by atoms with van der Waals surface area (Å²) in [6, 6.07) is 5.95. The molecule has 4 rings (SSSR count). The van der Waals surface area contributed by atoms with E-state index in [0.717, 1.165) is 41.5 Å². The van der Waals surface area contributed by atoms with Crippen LogP contribution in [0.25, 0.3) is 11.0 Å². The van der Waals surface area contributed by atoms with Crippen LogP contribution >= 0.6 is 0 Å². The maximum atomic E-state index is 12.4. The molecule has 0 atom stereocenters. The lowest BCUT2D eigenvalue weighted by Gasteiger charge is -2.34. The molecule has 1 aliphatic heterocycles. The fraction of sp³-hybridized carbons (Fsp3) is 0.412. The zero-order valence-electron chi connectivity index (χ0n) is 14.9. The van der Waals surface area contributed by atoms with Gasteiger partial charge in [-0.25, -0.2) is 9.78 Å². The summed E-state index contributed by atoms with van der Waals surface area (Å²) in [7, 11) is 1.92. The molecule has 9 nitrogen and oxygen atoms in total. The van der Waals surface area contributed by atoms with Gasteiger partial charge in [-0.05, 0) is 18.6 Å². The van der Waals surface area contributed by atoms with Gasteiger partial charge < -0.3 is 24.7 Å². The number of aromatic amines is 1. The Morgan fingerprint density at radius 2 is 2.08 bits per heavy atom. The van der Waals surface area contributed by atoms with Gasteiger partial charge in [-0.3, -0.25) is 0 Å². The van der Waals surface area contributed by atoms with Crippen LogP contribution in [0.5, 0.6) is 0 Å². The second-order valence-corrected chi connectivity index (χ2v) is 6.53. The van der Waals surface area contributed by atoms with Gasteiger partial charge in [0.25, 0.3) is 0 Å². The van der Waals surface area contributed by atoms with Crippen LogP contribution in [0, 0.1) is 6.92 Å². The third kappa shape index (κ3) is 3.07. The Hall–Kier alpha value is -3.10. The van der Waals surface area contributed by atoms with Gasteiger partial charge in [-0.2, -0.15) is 0 Å². The highest BCUT2D eigenvalue weighted by Gasteiger charge is 2.23. The van der Waals surface area contributed by atoms with Gasteiger partial charge in [-0.15, -0.1) is 10.2 Å². The van der Waals surface area contributed by atoms with Gasteiger partial charge in [0.05, 0.1) is 17.6 Å². The van der Waals surface area contributed by atoms with E-state index in [9.17, 15) is 4.79 Å². The predicted molar refractivity (Wildman–Crippen MR) is 97.9 cm³/mol. The number of para-hydroxylation sites is 1. The number of aryl methyl sites for hydroxylation is 2. The molecule has 2 aromatic heterocycles. The summed E-state index contributed by atoms with van der Waals surface area (Å²) in [5, 5.41) is 11.0. The zero-order chi connectivity index (χ0) is 18.1. The molecule has 2 amide bonds. The summed E-state index contributed by atoms with van der Waals surface area (Å²) in [6.07, 6.45) is 1.68. The van der Waals surface area contributed by atoms with Crippen LogP contribution in [0.2, 0.25) is 0 Å². The Morgan fingerprint density at radius 1 is 1.27 bits per heavy atom. The van der Waals surface area contributed by atoms with Crippen molar-refractivity contribution in [1.29, 1.82) is 0 Å². The highest BCUT2D eigenvalue weighted by Crippen LogP contribution is 2.15. The molecule has 0 saturated carbocycles. The lowest BCUT2D eigenvalue weighted by atomic mass is 10.2. The minimum Gasteiger partial charge on any atom is -0.340 e. The van der Waals surface area contributed by atoms with Crippen LogP contribution < -0.4 is 10.2 Å². The van der Waals surface area contributed by atoms with Crippen molar-refractivity contribution in [2.45, 2.75) is 13.5 Å². The quantitative estimate of drug-likeness (QED) is 0.733. The maximum Gasteiger partial charge on any atom is 0.317 e. The summed E-state index contributed by atoms with van der Waals surface area (Å²) in [5.41, 5.74) is 3.07. The smallest absolute Gasteiger partial charge is 0.317 e. The van der Waals surface area contributed by atoms with Crippen LogP contribution in [-0.2, 0) is 13.6 Å². The van der Waals surface area contributed by atoms with Crippen molar-refractivity contribution in [2.75, 3.05) is 31.1 Å². The van der Waals surface area contributed by atoms with E-state index in [1.807, 2.05) is 41.6 Å².